The summed E-state index contributed by atoms with van der Waals surface area (Å²) >= 11 is 0. The van der Waals surface area contributed by atoms with E-state index in [1.807, 2.05) is 0 Å². The number of ether oxygens (including phenoxy) is 3. The first-order valence-corrected chi connectivity index (χ1v) is 5.36. The van der Waals surface area contributed by atoms with Gasteiger partial charge in [-0.05, 0) is 19.1 Å². The fourth-order valence-electron chi connectivity index (χ4n) is 1.40. The van der Waals surface area contributed by atoms with E-state index >= 15 is 0 Å². The lowest BCUT2D eigenvalue weighted by atomic mass is 10.2. The van der Waals surface area contributed by atoms with E-state index in [2.05, 4.69) is 10.1 Å². The highest BCUT2D eigenvalue weighted by Gasteiger charge is 2.06. The van der Waals surface area contributed by atoms with Crippen LogP contribution in [0.4, 0.5) is 5.69 Å². The summed E-state index contributed by atoms with van der Waals surface area (Å²) in [7, 11) is 4.49. The molecule has 0 heterocycles. The highest BCUT2D eigenvalue weighted by Crippen LogP contribution is 2.29. The van der Waals surface area contributed by atoms with Crippen molar-refractivity contribution in [2.45, 2.75) is 6.92 Å². The number of esters is 1. The third-order valence-corrected chi connectivity index (χ3v) is 2.27. The topological polar surface area (TPSA) is 56.8 Å². The number of anilines is 1. The van der Waals surface area contributed by atoms with Crippen LogP contribution < -0.4 is 14.8 Å². The molecule has 0 spiro atoms. The highest BCUT2D eigenvalue weighted by molar-refractivity contribution is 5.83. The van der Waals surface area contributed by atoms with Crippen LogP contribution in [0.2, 0.25) is 0 Å². The van der Waals surface area contributed by atoms with Crippen molar-refractivity contribution in [1.29, 1.82) is 0 Å². The van der Waals surface area contributed by atoms with Crippen molar-refractivity contribution in [3.63, 3.8) is 0 Å². The fraction of sp³-hybridized carbons (Fsp3) is 0.308. The highest BCUT2D eigenvalue weighted by atomic mass is 16.5. The number of rotatable bonds is 5. The van der Waals surface area contributed by atoms with Gasteiger partial charge in [0.05, 0.1) is 27.0 Å². The van der Waals surface area contributed by atoms with Gasteiger partial charge in [-0.15, -0.1) is 0 Å². The van der Waals surface area contributed by atoms with Crippen LogP contribution in [0.15, 0.2) is 30.0 Å². The minimum absolute atomic E-state index is 0.415. The number of methoxy groups -OCH3 is 3. The average molecular weight is 251 g/mol. The van der Waals surface area contributed by atoms with E-state index in [1.54, 1.807) is 39.3 Å². The molecule has 0 atom stereocenters. The van der Waals surface area contributed by atoms with Crippen LogP contribution in [-0.4, -0.2) is 27.3 Å². The number of benzene rings is 1. The molecule has 0 saturated carbocycles. The maximum Gasteiger partial charge on any atom is 0.332 e. The normalized spacial score (nSPS) is 10.8. The van der Waals surface area contributed by atoms with Gasteiger partial charge in [0.2, 0.25) is 0 Å². The van der Waals surface area contributed by atoms with E-state index < -0.39 is 5.97 Å². The lowest BCUT2D eigenvalue weighted by Gasteiger charge is -2.12. The summed E-state index contributed by atoms with van der Waals surface area (Å²) in [6, 6.07) is 5.36. The van der Waals surface area contributed by atoms with Gasteiger partial charge in [-0.25, -0.2) is 4.79 Å². The van der Waals surface area contributed by atoms with E-state index in [1.165, 1.54) is 13.2 Å². The zero-order chi connectivity index (χ0) is 13.5. The lowest BCUT2D eigenvalue weighted by Crippen LogP contribution is -2.03. The van der Waals surface area contributed by atoms with E-state index in [4.69, 9.17) is 9.47 Å². The molecule has 18 heavy (non-hydrogen) atoms. The molecule has 5 heteroatoms. The Labute approximate surface area is 106 Å². The summed E-state index contributed by atoms with van der Waals surface area (Å²) in [5.74, 6) is 0.944. The summed E-state index contributed by atoms with van der Waals surface area (Å²) in [5.41, 5.74) is 1.36. The molecule has 0 radical (unpaired) electrons. The first kappa shape index (κ1) is 13.9. The number of nitrogens with one attached hydrogen (secondary N) is 1. The molecule has 0 bridgehead atoms. The van der Waals surface area contributed by atoms with Gasteiger partial charge in [0.15, 0.2) is 0 Å². The van der Waals surface area contributed by atoms with Gasteiger partial charge in [-0.3, -0.25) is 0 Å². The Hall–Kier alpha value is -2.17. The van der Waals surface area contributed by atoms with Crippen LogP contribution in [0.1, 0.15) is 6.92 Å². The van der Waals surface area contributed by atoms with Gasteiger partial charge in [-0.2, -0.15) is 0 Å². The standard InChI is InChI=1S/C13H17NO4/c1-9(7-13(15)18-4)14-11-8-10(16-2)5-6-12(11)17-3/h5-8,14H,1-4H3/b9-7-. The monoisotopic (exact) mass is 251 g/mol. The fourth-order valence-corrected chi connectivity index (χ4v) is 1.40. The second-order valence-corrected chi connectivity index (χ2v) is 3.54. The molecule has 1 aromatic rings. The second-order valence-electron chi connectivity index (χ2n) is 3.54. The molecule has 0 aliphatic heterocycles. The maximum atomic E-state index is 11.1. The van der Waals surface area contributed by atoms with Crippen LogP contribution in [0, 0.1) is 0 Å². The largest absolute Gasteiger partial charge is 0.497 e. The Morgan fingerprint density at radius 3 is 2.50 bits per heavy atom. The molecule has 1 N–H and O–H groups in total. The maximum absolute atomic E-state index is 11.1. The third-order valence-electron chi connectivity index (χ3n) is 2.27. The van der Waals surface area contributed by atoms with Crippen molar-refractivity contribution >= 4 is 11.7 Å². The smallest absolute Gasteiger partial charge is 0.332 e. The number of hydrogen-bond donors (Lipinski definition) is 1. The molecule has 1 rings (SSSR count). The molecular weight excluding hydrogens is 234 g/mol. The first-order valence-electron chi connectivity index (χ1n) is 5.36. The minimum atomic E-state index is -0.415. The number of hydrogen-bond acceptors (Lipinski definition) is 5. The first-order chi connectivity index (χ1) is 8.60. The number of carbonyl (C=O) groups is 1. The van der Waals surface area contributed by atoms with Crippen LogP contribution in [0.25, 0.3) is 0 Å². The van der Waals surface area contributed by atoms with Gasteiger partial charge >= 0.3 is 5.97 Å². The molecule has 0 fully saturated rings. The average Bonchev–Trinajstić information content (AvgIpc) is 2.38. The van der Waals surface area contributed by atoms with Crippen molar-refractivity contribution in [3.05, 3.63) is 30.0 Å². The predicted octanol–water partition coefficient (Wildman–Crippen LogP) is 2.19. The second kappa shape index (κ2) is 6.54. The molecule has 0 amide bonds. The van der Waals surface area contributed by atoms with Gasteiger partial charge in [-0.1, -0.05) is 0 Å². The van der Waals surface area contributed by atoms with Crippen molar-refractivity contribution in [3.8, 4) is 11.5 Å². The van der Waals surface area contributed by atoms with E-state index in [0.29, 0.717) is 17.2 Å². The van der Waals surface area contributed by atoms with E-state index in [-0.39, 0.29) is 0 Å². The van der Waals surface area contributed by atoms with Crippen molar-refractivity contribution in [1.82, 2.24) is 0 Å². The van der Waals surface area contributed by atoms with Crippen LogP contribution in [0.5, 0.6) is 11.5 Å². The molecular formula is C13H17NO4. The zero-order valence-corrected chi connectivity index (χ0v) is 10.9. The van der Waals surface area contributed by atoms with Gasteiger partial charge in [0.1, 0.15) is 11.5 Å². The van der Waals surface area contributed by atoms with Crippen LogP contribution in [-0.2, 0) is 9.53 Å². The summed E-state index contributed by atoms with van der Waals surface area (Å²) in [6.45, 7) is 1.76. The Balaban J connectivity index is 2.94. The van der Waals surface area contributed by atoms with Crippen LogP contribution in [0.3, 0.4) is 0 Å². The summed E-state index contributed by atoms with van der Waals surface area (Å²) in [5, 5.41) is 3.06. The van der Waals surface area contributed by atoms with E-state index in [9.17, 15) is 4.79 Å². The van der Waals surface area contributed by atoms with Gasteiger partial charge in [0.25, 0.3) is 0 Å². The van der Waals surface area contributed by atoms with Gasteiger partial charge in [0, 0.05) is 17.8 Å². The predicted molar refractivity (Wildman–Crippen MR) is 68.9 cm³/mol. The molecule has 1 aromatic carbocycles. The Morgan fingerprint density at radius 2 is 1.94 bits per heavy atom. The molecule has 0 aliphatic rings. The number of allylic oxidation sites excluding steroid dienone is 1. The molecule has 0 aliphatic carbocycles. The lowest BCUT2D eigenvalue weighted by molar-refractivity contribution is -0.134. The zero-order valence-electron chi connectivity index (χ0n) is 10.9. The molecule has 98 valence electrons. The molecule has 5 nitrogen and oxygen atoms in total. The Morgan fingerprint density at radius 1 is 1.22 bits per heavy atom. The Kier molecular flexibility index (Phi) is 5.05. The number of carbonyl (C=O) groups excluding carboxylic acids is 1. The third kappa shape index (κ3) is 3.69. The Bertz CT molecular complexity index is 454. The molecule has 0 unspecified atom stereocenters. The van der Waals surface area contributed by atoms with Crippen molar-refractivity contribution < 1.29 is 19.0 Å². The van der Waals surface area contributed by atoms with Crippen molar-refractivity contribution in [2.24, 2.45) is 0 Å². The van der Waals surface area contributed by atoms with Gasteiger partial charge < -0.3 is 19.5 Å². The van der Waals surface area contributed by atoms with Crippen LogP contribution >= 0.6 is 0 Å². The quantitative estimate of drug-likeness (QED) is 0.642. The summed E-state index contributed by atoms with van der Waals surface area (Å²) in [6.07, 6.45) is 1.36. The summed E-state index contributed by atoms with van der Waals surface area (Å²) in [4.78, 5) is 11.1. The summed E-state index contributed by atoms with van der Waals surface area (Å²) < 4.78 is 14.9. The molecule has 0 aromatic heterocycles. The SMILES string of the molecule is COC(=O)/C=C(/C)Nc1cc(OC)ccc1OC. The van der Waals surface area contributed by atoms with Crippen molar-refractivity contribution in [2.75, 3.05) is 26.6 Å². The minimum Gasteiger partial charge on any atom is -0.497 e. The van der Waals surface area contributed by atoms with E-state index in [0.717, 1.165) is 5.69 Å². The molecule has 0 saturated heterocycles.